The van der Waals surface area contributed by atoms with Gasteiger partial charge in [-0.05, 0) is 60.1 Å². The maximum atomic E-state index is 13.1. The van der Waals surface area contributed by atoms with Crippen LogP contribution >= 0.6 is 12.2 Å². The normalized spacial score (nSPS) is 11.2. The molecule has 1 N–H and O–H groups in total. The fraction of sp³-hybridized carbons (Fsp3) is 0.318. The van der Waals surface area contributed by atoms with Crippen LogP contribution in [0.15, 0.2) is 47.6 Å². The minimum absolute atomic E-state index is 0.276. The Hall–Kier alpha value is -3.00. The number of aromatic nitrogens is 3. The monoisotopic (exact) mass is 428 g/mol. The molecule has 3 rings (SSSR count). The van der Waals surface area contributed by atoms with Crippen molar-refractivity contribution in [2.24, 2.45) is 5.10 Å². The van der Waals surface area contributed by atoms with Gasteiger partial charge < -0.3 is 9.47 Å². The van der Waals surface area contributed by atoms with Crippen LogP contribution in [0, 0.1) is 10.6 Å². The first-order valence-corrected chi connectivity index (χ1v) is 10.3. The number of methoxy groups -OCH3 is 1. The molecule has 2 aromatic carbocycles. The third-order valence-electron chi connectivity index (χ3n) is 4.51. The van der Waals surface area contributed by atoms with Crippen molar-refractivity contribution < 1.29 is 13.9 Å². The standard InChI is InChI=1S/C22H25FN4O2S/c1-3-4-5-12-29-19-11-8-17(13-20(19)28-2)15-24-27-21(25-26-22(27)30)14-16-6-9-18(23)10-7-16/h6-11,13,15H,3-5,12,14H2,1-2H3,(H,26,30)/b24-15-. The molecule has 0 aliphatic carbocycles. The number of hydrogen-bond acceptors (Lipinski definition) is 5. The average molecular weight is 429 g/mol. The van der Waals surface area contributed by atoms with E-state index in [9.17, 15) is 4.39 Å². The summed E-state index contributed by atoms with van der Waals surface area (Å²) in [6.07, 6.45) is 5.45. The fourth-order valence-corrected chi connectivity index (χ4v) is 3.08. The number of nitrogens with zero attached hydrogens (tertiary/aromatic N) is 3. The quantitative estimate of drug-likeness (QED) is 0.276. The summed E-state index contributed by atoms with van der Waals surface area (Å²) >= 11 is 5.29. The van der Waals surface area contributed by atoms with E-state index in [1.54, 1.807) is 30.1 Å². The molecule has 0 atom stereocenters. The second kappa shape index (κ2) is 10.7. The second-order valence-electron chi connectivity index (χ2n) is 6.77. The highest BCUT2D eigenvalue weighted by Gasteiger charge is 2.08. The average Bonchev–Trinajstić information content (AvgIpc) is 3.10. The molecule has 0 fully saturated rings. The van der Waals surface area contributed by atoms with Crippen LogP contribution in [-0.2, 0) is 6.42 Å². The van der Waals surface area contributed by atoms with Crippen LogP contribution in [0.4, 0.5) is 4.39 Å². The molecule has 1 aromatic heterocycles. The highest BCUT2D eigenvalue weighted by Crippen LogP contribution is 2.27. The van der Waals surface area contributed by atoms with Gasteiger partial charge in [-0.3, -0.25) is 5.10 Å². The van der Waals surface area contributed by atoms with Gasteiger partial charge in [-0.15, -0.1) is 0 Å². The Morgan fingerprint density at radius 3 is 2.70 bits per heavy atom. The Labute approximate surface area is 180 Å². The van der Waals surface area contributed by atoms with Crippen LogP contribution < -0.4 is 9.47 Å². The summed E-state index contributed by atoms with van der Waals surface area (Å²) in [5, 5.41) is 11.5. The number of hydrogen-bond donors (Lipinski definition) is 1. The van der Waals surface area contributed by atoms with E-state index in [-0.39, 0.29) is 5.82 Å². The fourth-order valence-electron chi connectivity index (χ4n) is 2.88. The predicted molar refractivity (Wildman–Crippen MR) is 118 cm³/mol. The highest BCUT2D eigenvalue weighted by atomic mass is 32.1. The number of H-pyrrole nitrogens is 1. The molecule has 0 spiro atoms. The van der Waals surface area contributed by atoms with Crippen LogP contribution in [0.25, 0.3) is 0 Å². The van der Waals surface area contributed by atoms with Crippen molar-refractivity contribution in [1.29, 1.82) is 0 Å². The number of halogens is 1. The Morgan fingerprint density at radius 2 is 1.97 bits per heavy atom. The first-order chi connectivity index (χ1) is 14.6. The summed E-state index contributed by atoms with van der Waals surface area (Å²) in [5.74, 6) is 1.72. The smallest absolute Gasteiger partial charge is 0.216 e. The van der Waals surface area contributed by atoms with E-state index in [0.29, 0.717) is 35.1 Å². The van der Waals surface area contributed by atoms with Crippen LogP contribution in [0.3, 0.4) is 0 Å². The zero-order valence-electron chi connectivity index (χ0n) is 17.1. The Bertz CT molecular complexity index is 1040. The maximum Gasteiger partial charge on any atom is 0.216 e. The molecule has 1 heterocycles. The highest BCUT2D eigenvalue weighted by molar-refractivity contribution is 7.71. The molecule has 0 radical (unpaired) electrons. The molecule has 0 saturated heterocycles. The second-order valence-corrected chi connectivity index (χ2v) is 7.16. The van der Waals surface area contributed by atoms with E-state index in [1.165, 1.54) is 12.1 Å². The van der Waals surface area contributed by atoms with Gasteiger partial charge in [0.1, 0.15) is 5.82 Å². The Balaban J connectivity index is 1.74. The van der Waals surface area contributed by atoms with Crippen molar-refractivity contribution in [1.82, 2.24) is 14.9 Å². The molecular weight excluding hydrogens is 403 g/mol. The maximum absolute atomic E-state index is 13.1. The summed E-state index contributed by atoms with van der Waals surface area (Å²) < 4.78 is 26.3. The minimum atomic E-state index is -0.276. The lowest BCUT2D eigenvalue weighted by Gasteiger charge is -2.11. The van der Waals surface area contributed by atoms with Crippen molar-refractivity contribution in [3.05, 3.63) is 70.0 Å². The zero-order chi connectivity index (χ0) is 21.3. The van der Waals surface area contributed by atoms with E-state index in [1.807, 2.05) is 18.2 Å². The lowest BCUT2D eigenvalue weighted by atomic mass is 10.1. The summed E-state index contributed by atoms with van der Waals surface area (Å²) in [5.41, 5.74) is 1.75. The van der Waals surface area contributed by atoms with Gasteiger partial charge in [0.2, 0.25) is 4.77 Å². The largest absolute Gasteiger partial charge is 0.493 e. The number of ether oxygens (including phenoxy) is 2. The van der Waals surface area contributed by atoms with E-state index in [4.69, 9.17) is 21.7 Å². The van der Waals surface area contributed by atoms with Gasteiger partial charge in [0.25, 0.3) is 0 Å². The lowest BCUT2D eigenvalue weighted by molar-refractivity contribution is 0.286. The molecule has 30 heavy (non-hydrogen) atoms. The summed E-state index contributed by atoms with van der Waals surface area (Å²) in [6.45, 7) is 2.82. The molecule has 8 heteroatoms. The van der Waals surface area contributed by atoms with Gasteiger partial charge in [-0.25, -0.2) is 4.39 Å². The third kappa shape index (κ3) is 5.76. The first kappa shape index (κ1) is 21.7. The number of aromatic amines is 1. The summed E-state index contributed by atoms with van der Waals surface area (Å²) in [4.78, 5) is 0. The number of benzene rings is 2. The predicted octanol–water partition coefficient (Wildman–Crippen LogP) is 5.13. The van der Waals surface area contributed by atoms with Crippen molar-refractivity contribution in [2.75, 3.05) is 13.7 Å². The summed E-state index contributed by atoms with van der Waals surface area (Å²) in [6, 6.07) is 11.9. The van der Waals surface area contributed by atoms with E-state index < -0.39 is 0 Å². The molecule has 0 aliphatic rings. The van der Waals surface area contributed by atoms with E-state index in [2.05, 4.69) is 22.2 Å². The van der Waals surface area contributed by atoms with E-state index >= 15 is 0 Å². The molecule has 158 valence electrons. The molecule has 0 unspecified atom stereocenters. The van der Waals surface area contributed by atoms with Gasteiger partial charge in [0.15, 0.2) is 17.3 Å². The molecule has 0 saturated carbocycles. The van der Waals surface area contributed by atoms with Gasteiger partial charge in [0, 0.05) is 6.42 Å². The number of nitrogens with one attached hydrogen (secondary N) is 1. The molecule has 6 nitrogen and oxygen atoms in total. The van der Waals surface area contributed by atoms with Crippen molar-refractivity contribution in [3.8, 4) is 11.5 Å². The first-order valence-electron chi connectivity index (χ1n) is 9.86. The number of unbranched alkanes of at least 4 members (excludes halogenated alkanes) is 2. The minimum Gasteiger partial charge on any atom is -0.493 e. The van der Waals surface area contributed by atoms with Gasteiger partial charge in [-0.2, -0.15) is 14.9 Å². The van der Waals surface area contributed by atoms with Gasteiger partial charge in [-0.1, -0.05) is 31.9 Å². The SMILES string of the molecule is CCCCCOc1ccc(/C=N\n2c(Cc3ccc(F)cc3)n[nH]c2=S)cc1OC. The van der Waals surface area contributed by atoms with Crippen molar-refractivity contribution in [3.63, 3.8) is 0 Å². The van der Waals surface area contributed by atoms with Crippen LogP contribution in [0.1, 0.15) is 43.1 Å². The summed E-state index contributed by atoms with van der Waals surface area (Å²) in [7, 11) is 1.61. The van der Waals surface area contributed by atoms with Crippen LogP contribution in [0.5, 0.6) is 11.5 Å². The van der Waals surface area contributed by atoms with E-state index in [0.717, 1.165) is 30.4 Å². The van der Waals surface area contributed by atoms with Crippen LogP contribution in [0.2, 0.25) is 0 Å². The third-order valence-corrected chi connectivity index (χ3v) is 4.77. The molecular formula is C22H25FN4O2S. The number of rotatable bonds is 10. The molecule has 0 amide bonds. The molecule has 3 aromatic rings. The Morgan fingerprint density at radius 1 is 1.17 bits per heavy atom. The molecule has 0 aliphatic heterocycles. The zero-order valence-corrected chi connectivity index (χ0v) is 17.9. The van der Waals surface area contributed by atoms with Gasteiger partial charge in [0.05, 0.1) is 19.9 Å². The van der Waals surface area contributed by atoms with Gasteiger partial charge >= 0.3 is 0 Å². The Kier molecular flexibility index (Phi) is 7.73. The van der Waals surface area contributed by atoms with Crippen molar-refractivity contribution in [2.45, 2.75) is 32.6 Å². The lowest BCUT2D eigenvalue weighted by Crippen LogP contribution is -2.01. The van der Waals surface area contributed by atoms with Crippen LogP contribution in [-0.4, -0.2) is 34.8 Å². The molecule has 0 bridgehead atoms. The van der Waals surface area contributed by atoms with Crippen molar-refractivity contribution >= 4 is 18.4 Å². The topological polar surface area (TPSA) is 64.4 Å².